The van der Waals surface area contributed by atoms with Crippen LogP contribution in [0.15, 0.2) is 47.0 Å². The average molecular weight is 320 g/mol. The van der Waals surface area contributed by atoms with E-state index in [1.54, 1.807) is 12.1 Å². The van der Waals surface area contributed by atoms with Gasteiger partial charge in [0.05, 0.1) is 4.90 Å². The molecule has 1 saturated carbocycles. The Morgan fingerprint density at radius 3 is 2.50 bits per heavy atom. The van der Waals surface area contributed by atoms with Crippen LogP contribution >= 0.6 is 0 Å². The Morgan fingerprint density at radius 1 is 1.36 bits per heavy atom. The maximum Gasteiger partial charge on any atom is 0.242 e. The molecule has 0 unspecified atom stereocenters. The van der Waals surface area contributed by atoms with Crippen molar-refractivity contribution in [2.24, 2.45) is 5.92 Å². The van der Waals surface area contributed by atoms with E-state index in [9.17, 15) is 8.42 Å². The number of aryl methyl sites for hydroxylation is 1. The second-order valence-electron chi connectivity index (χ2n) is 5.89. The maximum absolute atomic E-state index is 12.3. The lowest BCUT2D eigenvalue weighted by Crippen LogP contribution is -2.22. The molecule has 0 spiro atoms. The average Bonchev–Trinajstić information content (AvgIpc) is 3.29. The summed E-state index contributed by atoms with van der Waals surface area (Å²) in [4.78, 5) is 0.290. The van der Waals surface area contributed by atoms with Crippen molar-refractivity contribution in [3.8, 4) is 0 Å². The van der Waals surface area contributed by atoms with Crippen LogP contribution in [0.25, 0.3) is 0 Å². The quantitative estimate of drug-likeness (QED) is 0.816. The van der Waals surface area contributed by atoms with Gasteiger partial charge in [0.1, 0.15) is 0 Å². The molecule has 0 aromatic heterocycles. The van der Waals surface area contributed by atoms with Crippen LogP contribution in [0.5, 0.6) is 0 Å². The molecular weight excluding hydrogens is 296 g/mol. The van der Waals surface area contributed by atoms with Crippen LogP contribution in [-0.2, 0) is 10.0 Å². The van der Waals surface area contributed by atoms with E-state index in [0.29, 0.717) is 5.92 Å². The Balaban J connectivity index is 2.33. The van der Waals surface area contributed by atoms with E-state index in [2.05, 4.69) is 11.9 Å². The molecule has 1 aliphatic carbocycles. The zero-order valence-corrected chi connectivity index (χ0v) is 14.5. The minimum atomic E-state index is -3.43. The Morgan fingerprint density at radius 2 is 2.00 bits per heavy atom. The number of anilines is 1. The fourth-order valence-electron chi connectivity index (χ4n) is 2.24. The van der Waals surface area contributed by atoms with Crippen molar-refractivity contribution in [1.82, 2.24) is 4.31 Å². The van der Waals surface area contributed by atoms with E-state index in [-0.39, 0.29) is 4.90 Å². The Kier molecular flexibility index (Phi) is 4.78. The summed E-state index contributed by atoms with van der Waals surface area (Å²) in [5.41, 5.74) is 3.88. The third-order valence-electron chi connectivity index (χ3n) is 3.96. The van der Waals surface area contributed by atoms with Gasteiger partial charge in [-0.25, -0.2) is 12.7 Å². The van der Waals surface area contributed by atoms with E-state index in [1.807, 2.05) is 26.0 Å². The number of benzene rings is 1. The van der Waals surface area contributed by atoms with Gasteiger partial charge in [0.25, 0.3) is 0 Å². The van der Waals surface area contributed by atoms with Crippen LogP contribution in [0, 0.1) is 12.8 Å². The molecule has 0 aliphatic heterocycles. The van der Waals surface area contributed by atoms with E-state index in [4.69, 9.17) is 0 Å². The van der Waals surface area contributed by atoms with Gasteiger partial charge in [0.2, 0.25) is 10.0 Å². The molecule has 0 heterocycles. The summed E-state index contributed by atoms with van der Waals surface area (Å²) in [6.07, 6.45) is 4.37. The van der Waals surface area contributed by atoms with Gasteiger partial charge in [-0.3, -0.25) is 0 Å². The molecule has 1 N–H and O–H groups in total. The number of nitrogens with one attached hydrogen (secondary N) is 1. The molecular formula is C17H24N2O2S. The van der Waals surface area contributed by atoms with Crippen LogP contribution in [0.4, 0.5) is 5.69 Å². The van der Waals surface area contributed by atoms with Crippen LogP contribution in [0.1, 0.15) is 25.3 Å². The molecule has 2 rings (SSSR count). The number of nitrogens with zero attached hydrogens (tertiary/aromatic N) is 1. The largest absolute Gasteiger partial charge is 0.355 e. The number of hydrogen-bond donors (Lipinski definition) is 1. The van der Waals surface area contributed by atoms with Crippen molar-refractivity contribution in [3.63, 3.8) is 0 Å². The lowest BCUT2D eigenvalue weighted by molar-refractivity contribution is 0.521. The summed E-state index contributed by atoms with van der Waals surface area (Å²) in [5, 5.41) is 3.35. The summed E-state index contributed by atoms with van der Waals surface area (Å²) in [6, 6.07) is 5.15. The SMILES string of the molecule is C=C(/C(=C\C)Nc1cc(S(=O)(=O)N(C)C)ccc1C)C1CC1. The van der Waals surface area contributed by atoms with E-state index in [1.165, 1.54) is 31.2 Å². The molecule has 0 bridgehead atoms. The molecule has 0 saturated heterocycles. The predicted molar refractivity (Wildman–Crippen MR) is 91.3 cm³/mol. The summed E-state index contributed by atoms with van der Waals surface area (Å²) >= 11 is 0. The molecule has 0 radical (unpaired) electrons. The highest BCUT2D eigenvalue weighted by Crippen LogP contribution is 2.39. The standard InChI is InChI=1S/C17H24N2O2S/c1-6-16(13(3)14-8-9-14)18-17-11-15(10-7-12(17)2)22(20,21)19(4)5/h6-7,10-11,14,18H,3,8-9H2,1-2,4-5H3/b16-6+. The number of sulfonamides is 1. The van der Waals surface area contributed by atoms with Crippen molar-refractivity contribution in [2.45, 2.75) is 31.6 Å². The highest BCUT2D eigenvalue weighted by Gasteiger charge is 2.26. The summed E-state index contributed by atoms with van der Waals surface area (Å²) in [7, 11) is -0.359. The third kappa shape index (κ3) is 3.42. The molecule has 120 valence electrons. The van der Waals surface area contributed by atoms with Gasteiger partial charge >= 0.3 is 0 Å². The van der Waals surface area contributed by atoms with Gasteiger partial charge in [-0.1, -0.05) is 18.7 Å². The van der Waals surface area contributed by atoms with E-state index >= 15 is 0 Å². The lowest BCUT2D eigenvalue weighted by atomic mass is 10.1. The van der Waals surface area contributed by atoms with Crippen LogP contribution in [0.2, 0.25) is 0 Å². The summed E-state index contributed by atoms with van der Waals surface area (Å²) in [5.74, 6) is 0.563. The third-order valence-corrected chi connectivity index (χ3v) is 5.77. The van der Waals surface area contributed by atoms with Gasteiger partial charge in [0, 0.05) is 25.5 Å². The van der Waals surface area contributed by atoms with Crippen molar-refractivity contribution >= 4 is 15.7 Å². The molecule has 5 heteroatoms. The second-order valence-corrected chi connectivity index (χ2v) is 8.04. The molecule has 4 nitrogen and oxygen atoms in total. The molecule has 22 heavy (non-hydrogen) atoms. The maximum atomic E-state index is 12.3. The van der Waals surface area contributed by atoms with Crippen molar-refractivity contribution < 1.29 is 8.42 Å². The van der Waals surface area contributed by atoms with Crippen molar-refractivity contribution in [3.05, 3.63) is 47.7 Å². The fourth-order valence-corrected chi connectivity index (χ4v) is 3.17. The number of allylic oxidation sites excluding steroid dienone is 2. The van der Waals surface area contributed by atoms with Crippen molar-refractivity contribution in [2.75, 3.05) is 19.4 Å². The summed E-state index contributed by atoms with van der Waals surface area (Å²) < 4.78 is 25.8. The molecule has 1 fully saturated rings. The topological polar surface area (TPSA) is 49.4 Å². The van der Waals surface area contributed by atoms with Gasteiger partial charge in [0.15, 0.2) is 0 Å². The highest BCUT2D eigenvalue weighted by atomic mass is 32.2. The van der Waals surface area contributed by atoms with Gasteiger partial charge < -0.3 is 5.32 Å². The van der Waals surface area contributed by atoms with E-state index < -0.39 is 10.0 Å². The van der Waals surface area contributed by atoms with Gasteiger partial charge in [-0.2, -0.15) is 0 Å². The Labute approximate surface area is 133 Å². The first-order valence-electron chi connectivity index (χ1n) is 7.43. The summed E-state index contributed by atoms with van der Waals surface area (Å²) in [6.45, 7) is 8.08. The minimum Gasteiger partial charge on any atom is -0.355 e. The van der Waals surface area contributed by atoms with Crippen LogP contribution in [0.3, 0.4) is 0 Å². The molecule has 0 atom stereocenters. The van der Waals surface area contributed by atoms with Gasteiger partial charge in [-0.15, -0.1) is 0 Å². The van der Waals surface area contributed by atoms with Gasteiger partial charge in [-0.05, 0) is 55.9 Å². The van der Waals surface area contributed by atoms with Crippen LogP contribution < -0.4 is 5.32 Å². The molecule has 0 amide bonds. The van der Waals surface area contributed by atoms with Crippen molar-refractivity contribution in [1.29, 1.82) is 0 Å². The first-order chi connectivity index (χ1) is 10.3. The first-order valence-corrected chi connectivity index (χ1v) is 8.87. The smallest absolute Gasteiger partial charge is 0.242 e. The predicted octanol–water partition coefficient (Wildman–Crippen LogP) is 3.53. The molecule has 1 aliphatic rings. The number of hydrogen-bond acceptors (Lipinski definition) is 3. The monoisotopic (exact) mass is 320 g/mol. The zero-order chi connectivity index (χ0) is 16.5. The zero-order valence-electron chi connectivity index (χ0n) is 13.7. The molecule has 1 aromatic rings. The second kappa shape index (κ2) is 6.26. The fraction of sp³-hybridized carbons (Fsp3) is 0.412. The molecule has 1 aromatic carbocycles. The first kappa shape index (κ1) is 16.8. The highest BCUT2D eigenvalue weighted by molar-refractivity contribution is 7.89. The number of rotatable bonds is 6. The van der Waals surface area contributed by atoms with E-state index in [0.717, 1.165) is 22.5 Å². The Hall–Kier alpha value is -1.59. The lowest BCUT2D eigenvalue weighted by Gasteiger charge is -2.17. The Bertz CT molecular complexity index is 714. The minimum absolute atomic E-state index is 0.290. The normalized spacial score (nSPS) is 16.0. The van der Waals surface area contributed by atoms with Crippen LogP contribution in [-0.4, -0.2) is 26.8 Å².